The van der Waals surface area contributed by atoms with Crippen LogP contribution in [0, 0.1) is 0 Å². The van der Waals surface area contributed by atoms with Crippen molar-refractivity contribution in [2.24, 2.45) is 0 Å². The van der Waals surface area contributed by atoms with Gasteiger partial charge in [-0.25, -0.2) is 0 Å². The zero-order chi connectivity index (χ0) is 10.3. The molecule has 0 spiro atoms. The average Bonchev–Trinajstić information content (AvgIpc) is 2.29. The third-order valence-electron chi connectivity index (χ3n) is 2.43. The monoisotopic (exact) mass is 217 g/mol. The van der Waals surface area contributed by atoms with Crippen molar-refractivity contribution in [2.75, 3.05) is 0 Å². The maximum Gasteiger partial charge on any atom is 0.268 e. The van der Waals surface area contributed by atoms with E-state index in [2.05, 4.69) is 4.98 Å². The highest BCUT2D eigenvalue weighted by Crippen LogP contribution is 2.32. The van der Waals surface area contributed by atoms with Crippen LogP contribution < -0.4 is 5.30 Å². The molecule has 1 unspecified atom stereocenters. The SMILES string of the molecule is O=[PH]1OC=Cc2ccc3cccnc3c21. The van der Waals surface area contributed by atoms with E-state index in [1.807, 2.05) is 30.3 Å². The second-order valence-electron chi connectivity index (χ2n) is 3.31. The zero-order valence-corrected chi connectivity index (χ0v) is 8.81. The van der Waals surface area contributed by atoms with Crippen molar-refractivity contribution >= 4 is 30.3 Å². The maximum absolute atomic E-state index is 11.8. The molecule has 0 amide bonds. The van der Waals surface area contributed by atoms with Gasteiger partial charge in [0.15, 0.2) is 0 Å². The summed E-state index contributed by atoms with van der Waals surface area (Å²) in [6, 6.07) is 7.74. The van der Waals surface area contributed by atoms with Gasteiger partial charge >= 0.3 is 0 Å². The summed E-state index contributed by atoms with van der Waals surface area (Å²) in [6.45, 7) is 0. The van der Waals surface area contributed by atoms with Crippen molar-refractivity contribution in [1.29, 1.82) is 0 Å². The number of benzene rings is 1. The van der Waals surface area contributed by atoms with Crippen molar-refractivity contribution in [3.8, 4) is 0 Å². The van der Waals surface area contributed by atoms with Crippen molar-refractivity contribution in [3.63, 3.8) is 0 Å². The molecule has 1 aliphatic heterocycles. The summed E-state index contributed by atoms with van der Waals surface area (Å²) >= 11 is 0. The minimum atomic E-state index is -2.17. The van der Waals surface area contributed by atoms with E-state index in [4.69, 9.17) is 4.52 Å². The molecule has 1 atom stereocenters. The highest BCUT2D eigenvalue weighted by atomic mass is 31.1. The molecule has 3 rings (SSSR count). The minimum Gasteiger partial charge on any atom is -0.450 e. The van der Waals surface area contributed by atoms with Crippen molar-refractivity contribution in [2.45, 2.75) is 0 Å². The van der Waals surface area contributed by atoms with Gasteiger partial charge in [-0.15, -0.1) is 0 Å². The van der Waals surface area contributed by atoms with Crippen LogP contribution in [-0.2, 0) is 9.09 Å². The van der Waals surface area contributed by atoms with E-state index < -0.39 is 8.03 Å². The first kappa shape index (κ1) is 8.69. The Labute approximate surface area is 87.3 Å². The van der Waals surface area contributed by atoms with Crippen LogP contribution in [0.15, 0.2) is 36.7 Å². The summed E-state index contributed by atoms with van der Waals surface area (Å²) < 4.78 is 16.8. The van der Waals surface area contributed by atoms with Crippen LogP contribution in [0.25, 0.3) is 17.0 Å². The molecule has 0 saturated heterocycles. The molecule has 0 bridgehead atoms. The van der Waals surface area contributed by atoms with Gasteiger partial charge in [0.25, 0.3) is 8.03 Å². The lowest BCUT2D eigenvalue weighted by Crippen LogP contribution is -2.08. The second-order valence-corrected chi connectivity index (χ2v) is 4.62. The van der Waals surface area contributed by atoms with Gasteiger partial charge in [0, 0.05) is 11.6 Å². The molecule has 0 N–H and O–H groups in total. The highest BCUT2D eigenvalue weighted by Gasteiger charge is 2.16. The Kier molecular flexibility index (Phi) is 1.86. The Balaban J connectivity index is 2.47. The lowest BCUT2D eigenvalue weighted by Gasteiger charge is -2.12. The van der Waals surface area contributed by atoms with Gasteiger partial charge in [-0.2, -0.15) is 0 Å². The smallest absolute Gasteiger partial charge is 0.268 e. The van der Waals surface area contributed by atoms with Crippen LogP contribution in [0.2, 0.25) is 0 Å². The molecule has 2 heterocycles. The highest BCUT2D eigenvalue weighted by molar-refractivity contribution is 7.49. The largest absolute Gasteiger partial charge is 0.450 e. The Morgan fingerprint density at radius 1 is 1.27 bits per heavy atom. The van der Waals surface area contributed by atoms with Gasteiger partial charge in [0.05, 0.1) is 17.1 Å². The van der Waals surface area contributed by atoms with E-state index in [0.29, 0.717) is 0 Å². The van der Waals surface area contributed by atoms with E-state index in [1.165, 1.54) is 6.26 Å². The Morgan fingerprint density at radius 3 is 3.13 bits per heavy atom. The lowest BCUT2D eigenvalue weighted by atomic mass is 10.1. The first-order chi connectivity index (χ1) is 7.36. The normalized spacial score (nSPS) is 18.5. The zero-order valence-electron chi connectivity index (χ0n) is 7.81. The number of fused-ring (bicyclic) bond motifs is 3. The quantitative estimate of drug-likeness (QED) is 0.636. The average molecular weight is 217 g/mol. The number of pyridine rings is 1. The predicted molar refractivity (Wildman–Crippen MR) is 60.5 cm³/mol. The van der Waals surface area contributed by atoms with E-state index in [0.717, 1.165) is 21.8 Å². The predicted octanol–water partition coefficient (Wildman–Crippen LogP) is 2.34. The molecule has 15 heavy (non-hydrogen) atoms. The van der Waals surface area contributed by atoms with Gasteiger partial charge in [-0.1, -0.05) is 18.2 Å². The third kappa shape index (κ3) is 1.28. The molecule has 4 heteroatoms. The first-order valence-corrected chi connectivity index (χ1v) is 5.93. The van der Waals surface area contributed by atoms with E-state index in [1.54, 1.807) is 6.20 Å². The van der Waals surface area contributed by atoms with Gasteiger partial charge in [-0.3, -0.25) is 9.55 Å². The molecule has 3 nitrogen and oxygen atoms in total. The van der Waals surface area contributed by atoms with Crippen molar-refractivity contribution < 1.29 is 9.09 Å². The fraction of sp³-hybridized carbons (Fsp3) is 0. The van der Waals surface area contributed by atoms with Crippen LogP contribution >= 0.6 is 8.03 Å². The van der Waals surface area contributed by atoms with Crippen LogP contribution in [-0.4, -0.2) is 4.98 Å². The number of nitrogens with zero attached hydrogens (tertiary/aromatic N) is 1. The third-order valence-corrected chi connectivity index (χ3v) is 3.72. The van der Waals surface area contributed by atoms with Crippen LogP contribution in [0.3, 0.4) is 0 Å². The number of hydrogen-bond acceptors (Lipinski definition) is 3. The Hall–Kier alpha value is -1.60. The molecule has 0 saturated carbocycles. The Bertz CT molecular complexity index is 592. The van der Waals surface area contributed by atoms with Crippen LogP contribution in [0.1, 0.15) is 5.56 Å². The molecule has 74 valence electrons. The molecule has 1 aliphatic rings. The van der Waals surface area contributed by atoms with Crippen molar-refractivity contribution in [3.05, 3.63) is 42.3 Å². The van der Waals surface area contributed by atoms with Crippen LogP contribution in [0.4, 0.5) is 0 Å². The summed E-state index contributed by atoms with van der Waals surface area (Å²) in [6.07, 6.45) is 5.00. The molecular weight excluding hydrogens is 209 g/mol. The molecule has 2 aromatic rings. The second kappa shape index (κ2) is 3.21. The summed E-state index contributed by atoms with van der Waals surface area (Å²) in [7, 11) is -2.17. The number of aromatic nitrogens is 1. The van der Waals surface area contributed by atoms with Crippen molar-refractivity contribution in [1.82, 2.24) is 4.98 Å². The van der Waals surface area contributed by atoms with E-state index in [9.17, 15) is 4.57 Å². The molecule has 1 aromatic heterocycles. The summed E-state index contributed by atoms with van der Waals surface area (Å²) in [5.74, 6) is 0. The van der Waals surface area contributed by atoms with E-state index >= 15 is 0 Å². The summed E-state index contributed by atoms with van der Waals surface area (Å²) in [5.41, 5.74) is 1.72. The maximum atomic E-state index is 11.8. The van der Waals surface area contributed by atoms with Crippen LogP contribution in [0.5, 0.6) is 0 Å². The topological polar surface area (TPSA) is 39.2 Å². The minimum absolute atomic E-state index is 0.737. The fourth-order valence-electron chi connectivity index (χ4n) is 1.74. The number of rotatable bonds is 0. The van der Waals surface area contributed by atoms with Gasteiger partial charge < -0.3 is 4.52 Å². The molecule has 0 aliphatic carbocycles. The molecule has 0 radical (unpaired) electrons. The first-order valence-electron chi connectivity index (χ1n) is 4.61. The number of hydrogen-bond donors (Lipinski definition) is 0. The van der Waals surface area contributed by atoms with E-state index in [-0.39, 0.29) is 0 Å². The Morgan fingerprint density at radius 2 is 2.20 bits per heavy atom. The standard InChI is InChI=1S/C11H8NO2P/c13-15-11-9(5-7-14-15)4-3-8-2-1-6-12-10(8)11/h1-7,15H. The summed E-state index contributed by atoms with van der Waals surface area (Å²) in [4.78, 5) is 4.26. The summed E-state index contributed by atoms with van der Waals surface area (Å²) in [5, 5.41) is 1.73. The lowest BCUT2D eigenvalue weighted by molar-refractivity contribution is 0.473. The van der Waals surface area contributed by atoms with Gasteiger partial charge in [-0.05, 0) is 17.7 Å². The molecular formula is C11H8NO2P. The fourth-order valence-corrected chi connectivity index (χ4v) is 2.86. The molecule has 1 aromatic carbocycles. The van der Waals surface area contributed by atoms with Gasteiger partial charge in [0.2, 0.25) is 0 Å². The molecule has 0 fully saturated rings. The van der Waals surface area contributed by atoms with Gasteiger partial charge in [0.1, 0.15) is 0 Å².